The van der Waals surface area contributed by atoms with Gasteiger partial charge >= 0.3 is 0 Å². The molecule has 1 unspecified atom stereocenters. The van der Waals surface area contributed by atoms with Crippen LogP contribution in [0.2, 0.25) is 0 Å². The van der Waals surface area contributed by atoms with Crippen LogP contribution in [0.25, 0.3) is 0 Å². The van der Waals surface area contributed by atoms with Crippen molar-refractivity contribution in [3.8, 4) is 0 Å². The number of carbonyl (C=O) groups is 1. The van der Waals surface area contributed by atoms with Crippen molar-refractivity contribution in [2.75, 3.05) is 13.1 Å². The fraction of sp³-hybridized carbons (Fsp3) is 0.312. The van der Waals surface area contributed by atoms with E-state index in [-0.39, 0.29) is 5.91 Å². The molecule has 1 aromatic heterocycles. The summed E-state index contributed by atoms with van der Waals surface area (Å²) in [6, 6.07) is 14.3. The molecule has 1 aliphatic rings. The Morgan fingerprint density at radius 1 is 1.21 bits per heavy atom. The minimum atomic E-state index is 0.255. The van der Waals surface area contributed by atoms with Crippen molar-refractivity contribution in [1.29, 1.82) is 0 Å². The second-order valence-electron chi connectivity index (χ2n) is 5.00. The van der Waals surface area contributed by atoms with Crippen molar-refractivity contribution in [1.82, 2.24) is 4.90 Å². The molecule has 0 aliphatic carbocycles. The molecule has 98 valence electrons. The molecule has 2 aromatic rings. The van der Waals surface area contributed by atoms with E-state index in [1.165, 1.54) is 4.88 Å². The van der Waals surface area contributed by atoms with E-state index in [2.05, 4.69) is 17.5 Å². The molecule has 1 saturated heterocycles. The van der Waals surface area contributed by atoms with Crippen LogP contribution in [0.5, 0.6) is 0 Å². The van der Waals surface area contributed by atoms with E-state index in [1.54, 1.807) is 11.3 Å². The largest absolute Gasteiger partial charge is 0.342 e. The van der Waals surface area contributed by atoms with Gasteiger partial charge in [-0.25, -0.2) is 0 Å². The average molecular weight is 271 g/mol. The van der Waals surface area contributed by atoms with Gasteiger partial charge in [-0.15, -0.1) is 11.3 Å². The van der Waals surface area contributed by atoms with Crippen LogP contribution in [0, 0.1) is 0 Å². The van der Waals surface area contributed by atoms with Crippen LogP contribution in [0.4, 0.5) is 0 Å². The first-order valence-corrected chi connectivity index (χ1v) is 7.56. The first-order chi connectivity index (χ1) is 9.33. The van der Waals surface area contributed by atoms with Gasteiger partial charge in [-0.2, -0.15) is 0 Å². The third-order valence-electron chi connectivity index (χ3n) is 3.68. The maximum atomic E-state index is 12.3. The standard InChI is InChI=1S/C16H17NOS/c18-16(11-13-5-2-1-3-6-13)17-9-8-14(12-17)15-7-4-10-19-15/h1-7,10,14H,8-9,11-12H2. The molecule has 3 rings (SSSR count). The van der Waals surface area contributed by atoms with Gasteiger partial charge in [-0.1, -0.05) is 36.4 Å². The normalized spacial score (nSPS) is 18.7. The Hall–Kier alpha value is -1.61. The van der Waals surface area contributed by atoms with E-state index < -0.39 is 0 Å². The van der Waals surface area contributed by atoms with Crippen LogP contribution in [-0.2, 0) is 11.2 Å². The number of hydrogen-bond acceptors (Lipinski definition) is 2. The van der Waals surface area contributed by atoms with Gasteiger partial charge in [0.1, 0.15) is 0 Å². The van der Waals surface area contributed by atoms with Gasteiger partial charge in [0.25, 0.3) is 0 Å². The highest BCUT2D eigenvalue weighted by Gasteiger charge is 2.27. The average Bonchev–Trinajstić information content (AvgIpc) is 3.11. The minimum Gasteiger partial charge on any atom is -0.342 e. The summed E-state index contributed by atoms with van der Waals surface area (Å²) >= 11 is 1.80. The Kier molecular flexibility index (Phi) is 3.65. The first kappa shape index (κ1) is 12.4. The summed E-state index contributed by atoms with van der Waals surface area (Å²) in [4.78, 5) is 15.7. The molecular formula is C16H17NOS. The molecule has 0 N–H and O–H groups in total. The molecule has 0 radical (unpaired) electrons. The molecule has 0 spiro atoms. The van der Waals surface area contributed by atoms with Crippen LogP contribution in [0.15, 0.2) is 47.8 Å². The molecule has 3 heteroatoms. The molecule has 2 nitrogen and oxygen atoms in total. The molecule has 0 saturated carbocycles. The van der Waals surface area contributed by atoms with Crippen molar-refractivity contribution < 1.29 is 4.79 Å². The molecule has 1 atom stereocenters. The predicted molar refractivity (Wildman–Crippen MR) is 78.4 cm³/mol. The molecule has 1 amide bonds. The maximum Gasteiger partial charge on any atom is 0.227 e. The van der Waals surface area contributed by atoms with Gasteiger partial charge in [0.2, 0.25) is 5.91 Å². The van der Waals surface area contributed by atoms with E-state index in [0.29, 0.717) is 12.3 Å². The summed E-state index contributed by atoms with van der Waals surface area (Å²) in [6.45, 7) is 1.78. The lowest BCUT2D eigenvalue weighted by atomic mass is 10.1. The minimum absolute atomic E-state index is 0.255. The number of hydrogen-bond donors (Lipinski definition) is 0. The Bertz CT molecular complexity index is 535. The first-order valence-electron chi connectivity index (χ1n) is 6.68. The molecular weight excluding hydrogens is 254 g/mol. The zero-order valence-corrected chi connectivity index (χ0v) is 11.6. The number of benzene rings is 1. The van der Waals surface area contributed by atoms with Gasteiger partial charge in [-0.3, -0.25) is 4.79 Å². The summed E-state index contributed by atoms with van der Waals surface area (Å²) in [5.74, 6) is 0.796. The maximum absolute atomic E-state index is 12.3. The number of likely N-dealkylation sites (tertiary alicyclic amines) is 1. The van der Waals surface area contributed by atoms with Gasteiger partial charge in [0.15, 0.2) is 0 Å². The van der Waals surface area contributed by atoms with Crippen LogP contribution in [0.1, 0.15) is 22.8 Å². The molecule has 0 bridgehead atoms. The van der Waals surface area contributed by atoms with E-state index >= 15 is 0 Å². The Morgan fingerprint density at radius 3 is 2.79 bits per heavy atom. The van der Waals surface area contributed by atoms with Crippen molar-refractivity contribution in [3.05, 3.63) is 58.3 Å². The van der Waals surface area contributed by atoms with Crippen LogP contribution in [0.3, 0.4) is 0 Å². The lowest BCUT2D eigenvalue weighted by Crippen LogP contribution is -2.29. The molecule has 2 heterocycles. The highest BCUT2D eigenvalue weighted by molar-refractivity contribution is 7.10. The Labute approximate surface area is 117 Å². The number of carbonyl (C=O) groups excluding carboxylic acids is 1. The lowest BCUT2D eigenvalue weighted by molar-refractivity contribution is -0.129. The summed E-state index contributed by atoms with van der Waals surface area (Å²) in [5, 5.41) is 2.11. The van der Waals surface area contributed by atoms with E-state index in [0.717, 1.165) is 25.1 Å². The number of amides is 1. The lowest BCUT2D eigenvalue weighted by Gasteiger charge is -2.16. The van der Waals surface area contributed by atoms with Crippen molar-refractivity contribution >= 4 is 17.2 Å². The number of rotatable bonds is 3. The molecule has 1 aromatic carbocycles. The zero-order valence-electron chi connectivity index (χ0n) is 10.8. The summed E-state index contributed by atoms with van der Waals surface area (Å²) in [5.41, 5.74) is 1.10. The summed E-state index contributed by atoms with van der Waals surface area (Å²) in [6.07, 6.45) is 1.62. The Balaban J connectivity index is 1.60. The number of thiophene rings is 1. The quantitative estimate of drug-likeness (QED) is 0.838. The Morgan fingerprint density at radius 2 is 2.05 bits per heavy atom. The highest BCUT2D eigenvalue weighted by atomic mass is 32.1. The molecule has 1 fully saturated rings. The fourth-order valence-corrected chi connectivity index (χ4v) is 3.48. The van der Waals surface area contributed by atoms with Gasteiger partial charge in [-0.05, 0) is 23.4 Å². The summed E-state index contributed by atoms with van der Waals surface area (Å²) in [7, 11) is 0. The third-order valence-corrected chi connectivity index (χ3v) is 4.72. The topological polar surface area (TPSA) is 20.3 Å². The van der Waals surface area contributed by atoms with E-state index in [9.17, 15) is 4.79 Å². The smallest absolute Gasteiger partial charge is 0.227 e. The van der Waals surface area contributed by atoms with Gasteiger partial charge < -0.3 is 4.90 Å². The van der Waals surface area contributed by atoms with Crippen LogP contribution in [-0.4, -0.2) is 23.9 Å². The van der Waals surface area contributed by atoms with Gasteiger partial charge in [0, 0.05) is 23.9 Å². The number of nitrogens with zero attached hydrogens (tertiary/aromatic N) is 1. The fourth-order valence-electron chi connectivity index (χ4n) is 2.62. The summed E-state index contributed by atoms with van der Waals surface area (Å²) < 4.78 is 0. The third kappa shape index (κ3) is 2.87. The zero-order chi connectivity index (χ0) is 13.1. The van der Waals surface area contributed by atoms with Crippen molar-refractivity contribution in [3.63, 3.8) is 0 Å². The monoisotopic (exact) mass is 271 g/mol. The van der Waals surface area contributed by atoms with E-state index in [1.807, 2.05) is 35.2 Å². The predicted octanol–water partition coefficient (Wildman–Crippen LogP) is 3.31. The second-order valence-corrected chi connectivity index (χ2v) is 5.98. The second kappa shape index (κ2) is 5.57. The van der Waals surface area contributed by atoms with E-state index in [4.69, 9.17) is 0 Å². The van der Waals surface area contributed by atoms with Crippen LogP contribution >= 0.6 is 11.3 Å². The van der Waals surface area contributed by atoms with Crippen LogP contribution < -0.4 is 0 Å². The SMILES string of the molecule is O=C(Cc1ccccc1)N1CCC(c2cccs2)C1. The molecule has 19 heavy (non-hydrogen) atoms. The highest BCUT2D eigenvalue weighted by Crippen LogP contribution is 2.30. The van der Waals surface area contributed by atoms with Gasteiger partial charge in [0.05, 0.1) is 6.42 Å². The van der Waals surface area contributed by atoms with Crippen molar-refractivity contribution in [2.45, 2.75) is 18.8 Å². The molecule has 1 aliphatic heterocycles. The van der Waals surface area contributed by atoms with Crippen molar-refractivity contribution in [2.24, 2.45) is 0 Å².